The fourth-order valence-electron chi connectivity index (χ4n) is 2.67. The van der Waals surface area contributed by atoms with Gasteiger partial charge in [0, 0.05) is 27.2 Å². The number of carbonyl (C=O) groups excluding carboxylic acids is 1. The maximum Gasteiger partial charge on any atom is 0.255 e. The van der Waals surface area contributed by atoms with Crippen molar-refractivity contribution >= 4 is 35.8 Å². The molecule has 0 aliphatic carbocycles. The maximum absolute atomic E-state index is 10.8. The summed E-state index contributed by atoms with van der Waals surface area (Å²) < 4.78 is 10.8. The van der Waals surface area contributed by atoms with Gasteiger partial charge in [-0.15, -0.1) is 24.0 Å². The van der Waals surface area contributed by atoms with Gasteiger partial charge in [-0.1, -0.05) is 24.3 Å². The summed E-state index contributed by atoms with van der Waals surface area (Å²) in [5.41, 5.74) is 7.28. The molecular formula is C21H29IN4O3. The maximum atomic E-state index is 10.8. The van der Waals surface area contributed by atoms with Crippen molar-refractivity contribution in [2.75, 3.05) is 27.3 Å². The van der Waals surface area contributed by atoms with E-state index in [1.54, 1.807) is 13.1 Å². The minimum atomic E-state index is -0.500. The highest BCUT2D eigenvalue weighted by Gasteiger charge is 2.07. The lowest BCUT2D eigenvalue weighted by molar-refractivity contribution is -0.119. The standard InChI is InChI=1S/C21H28N4O3.HI/c1-4-27-18-10-8-16(9-11-18)14-25(3)21(23-2)24-13-17-6-5-7-19(12-17)28-15-20(22)26;/h5-12H,4,13-15H2,1-3H3,(H2,22,26)(H,23,24);1H. The molecule has 0 bridgehead atoms. The number of halogens is 1. The first-order valence-corrected chi connectivity index (χ1v) is 9.15. The summed E-state index contributed by atoms with van der Waals surface area (Å²) in [5, 5.41) is 3.33. The third kappa shape index (κ3) is 8.59. The number of amides is 1. The van der Waals surface area contributed by atoms with Gasteiger partial charge in [-0.05, 0) is 42.3 Å². The first kappa shape index (κ1) is 24.5. The largest absolute Gasteiger partial charge is 0.494 e. The van der Waals surface area contributed by atoms with Gasteiger partial charge in [-0.25, -0.2) is 0 Å². The van der Waals surface area contributed by atoms with Crippen LogP contribution in [0.5, 0.6) is 11.5 Å². The smallest absolute Gasteiger partial charge is 0.255 e. The van der Waals surface area contributed by atoms with Gasteiger partial charge in [0.2, 0.25) is 0 Å². The van der Waals surface area contributed by atoms with Crippen LogP contribution in [0, 0.1) is 0 Å². The number of hydrogen-bond acceptors (Lipinski definition) is 4. The number of primary amides is 1. The van der Waals surface area contributed by atoms with E-state index in [1.807, 2.05) is 61.3 Å². The van der Waals surface area contributed by atoms with Crippen molar-refractivity contribution in [3.05, 3.63) is 59.7 Å². The average Bonchev–Trinajstić information content (AvgIpc) is 2.69. The molecular weight excluding hydrogens is 483 g/mol. The minimum absolute atomic E-state index is 0. The summed E-state index contributed by atoms with van der Waals surface area (Å²) >= 11 is 0. The second-order valence-corrected chi connectivity index (χ2v) is 6.24. The van der Waals surface area contributed by atoms with Crippen molar-refractivity contribution in [2.45, 2.75) is 20.0 Å². The first-order chi connectivity index (χ1) is 13.5. The topological polar surface area (TPSA) is 89.2 Å². The zero-order chi connectivity index (χ0) is 20.4. The SMILES string of the molecule is CCOc1ccc(CN(C)C(=NC)NCc2cccc(OCC(N)=O)c2)cc1.I. The van der Waals surface area contributed by atoms with E-state index in [9.17, 15) is 4.79 Å². The highest BCUT2D eigenvalue weighted by molar-refractivity contribution is 14.0. The molecule has 0 atom stereocenters. The number of carbonyl (C=O) groups is 1. The van der Waals surface area contributed by atoms with Gasteiger partial charge >= 0.3 is 0 Å². The Bertz CT molecular complexity index is 797. The van der Waals surface area contributed by atoms with E-state index in [4.69, 9.17) is 15.2 Å². The van der Waals surface area contributed by atoms with Crippen molar-refractivity contribution in [1.82, 2.24) is 10.2 Å². The van der Waals surface area contributed by atoms with Gasteiger partial charge < -0.3 is 25.4 Å². The van der Waals surface area contributed by atoms with E-state index in [0.29, 0.717) is 25.4 Å². The first-order valence-electron chi connectivity index (χ1n) is 9.15. The molecule has 0 radical (unpaired) electrons. The van der Waals surface area contributed by atoms with E-state index < -0.39 is 5.91 Å². The average molecular weight is 512 g/mol. The Labute approximate surface area is 189 Å². The molecule has 0 aliphatic rings. The summed E-state index contributed by atoms with van der Waals surface area (Å²) in [6.07, 6.45) is 0. The second-order valence-electron chi connectivity index (χ2n) is 6.24. The molecule has 29 heavy (non-hydrogen) atoms. The van der Waals surface area contributed by atoms with Crippen LogP contribution in [-0.4, -0.2) is 44.1 Å². The predicted octanol–water partition coefficient (Wildman–Crippen LogP) is 2.77. The second kappa shape index (κ2) is 12.9. The number of benzene rings is 2. The van der Waals surface area contributed by atoms with E-state index in [1.165, 1.54) is 0 Å². The fourth-order valence-corrected chi connectivity index (χ4v) is 2.67. The molecule has 7 nitrogen and oxygen atoms in total. The van der Waals surface area contributed by atoms with Gasteiger partial charge in [0.15, 0.2) is 12.6 Å². The van der Waals surface area contributed by atoms with Crippen LogP contribution in [0.4, 0.5) is 0 Å². The molecule has 2 aromatic rings. The van der Waals surface area contributed by atoms with Gasteiger partial charge in [-0.3, -0.25) is 9.79 Å². The predicted molar refractivity (Wildman–Crippen MR) is 126 cm³/mol. The van der Waals surface area contributed by atoms with Gasteiger partial charge in [0.25, 0.3) is 5.91 Å². The molecule has 0 spiro atoms. The molecule has 0 heterocycles. The third-order valence-corrected chi connectivity index (χ3v) is 3.96. The highest BCUT2D eigenvalue weighted by Crippen LogP contribution is 2.14. The molecule has 0 aliphatic heterocycles. The van der Waals surface area contributed by atoms with Crippen LogP contribution in [0.3, 0.4) is 0 Å². The molecule has 0 saturated heterocycles. The normalized spacial score (nSPS) is 10.7. The lowest BCUT2D eigenvalue weighted by Crippen LogP contribution is -2.38. The van der Waals surface area contributed by atoms with Crippen molar-refractivity contribution in [2.24, 2.45) is 10.7 Å². The zero-order valence-electron chi connectivity index (χ0n) is 17.1. The highest BCUT2D eigenvalue weighted by atomic mass is 127. The molecule has 0 unspecified atom stereocenters. The van der Waals surface area contributed by atoms with Crippen molar-refractivity contribution in [3.8, 4) is 11.5 Å². The van der Waals surface area contributed by atoms with Gasteiger partial charge in [-0.2, -0.15) is 0 Å². The van der Waals surface area contributed by atoms with Crippen LogP contribution in [0.15, 0.2) is 53.5 Å². The van der Waals surface area contributed by atoms with Crippen LogP contribution in [-0.2, 0) is 17.9 Å². The Hall–Kier alpha value is -2.49. The third-order valence-electron chi connectivity index (χ3n) is 3.96. The molecule has 8 heteroatoms. The van der Waals surface area contributed by atoms with Crippen molar-refractivity contribution in [1.29, 1.82) is 0 Å². The van der Waals surface area contributed by atoms with Crippen molar-refractivity contribution in [3.63, 3.8) is 0 Å². The fraction of sp³-hybridized carbons (Fsp3) is 0.333. The monoisotopic (exact) mass is 512 g/mol. The summed E-state index contributed by atoms with van der Waals surface area (Å²) in [6, 6.07) is 15.6. The Morgan fingerprint density at radius 1 is 1.10 bits per heavy atom. The molecule has 1 amide bonds. The van der Waals surface area contributed by atoms with Crippen LogP contribution >= 0.6 is 24.0 Å². The molecule has 0 fully saturated rings. The molecule has 2 rings (SSSR count). The molecule has 2 aromatic carbocycles. The van der Waals surface area contributed by atoms with Gasteiger partial charge in [0.1, 0.15) is 11.5 Å². The molecule has 0 saturated carbocycles. The number of ether oxygens (including phenoxy) is 2. The van der Waals surface area contributed by atoms with Gasteiger partial charge in [0.05, 0.1) is 6.61 Å². The van der Waals surface area contributed by atoms with Crippen LogP contribution < -0.4 is 20.5 Å². The number of nitrogens with zero attached hydrogens (tertiary/aromatic N) is 2. The zero-order valence-corrected chi connectivity index (χ0v) is 19.4. The Morgan fingerprint density at radius 3 is 2.45 bits per heavy atom. The lowest BCUT2D eigenvalue weighted by Gasteiger charge is -2.22. The summed E-state index contributed by atoms with van der Waals surface area (Å²) in [6.45, 7) is 3.78. The van der Waals surface area contributed by atoms with Crippen LogP contribution in [0.1, 0.15) is 18.1 Å². The number of guanidine groups is 1. The van der Waals surface area contributed by atoms with E-state index >= 15 is 0 Å². The Kier molecular flexibility index (Phi) is 10.9. The number of hydrogen-bond donors (Lipinski definition) is 2. The molecule has 0 aromatic heterocycles. The summed E-state index contributed by atoms with van der Waals surface area (Å²) in [5.74, 6) is 1.75. The number of aliphatic imine (C=N–C) groups is 1. The number of nitrogens with two attached hydrogens (primary N) is 1. The van der Waals surface area contributed by atoms with E-state index in [-0.39, 0.29) is 30.6 Å². The van der Waals surface area contributed by atoms with Crippen LogP contribution in [0.25, 0.3) is 0 Å². The number of rotatable bonds is 9. The Balaban J connectivity index is 0.00000420. The van der Waals surface area contributed by atoms with Crippen LogP contribution in [0.2, 0.25) is 0 Å². The quantitative estimate of drug-likeness (QED) is 0.307. The molecule has 3 N–H and O–H groups in total. The minimum Gasteiger partial charge on any atom is -0.494 e. The lowest BCUT2D eigenvalue weighted by atomic mass is 10.2. The van der Waals surface area contributed by atoms with E-state index in [0.717, 1.165) is 22.8 Å². The summed E-state index contributed by atoms with van der Waals surface area (Å²) in [7, 11) is 3.74. The Morgan fingerprint density at radius 2 is 1.83 bits per heavy atom. The van der Waals surface area contributed by atoms with Crippen molar-refractivity contribution < 1.29 is 14.3 Å². The summed E-state index contributed by atoms with van der Waals surface area (Å²) in [4.78, 5) is 17.2. The number of nitrogens with one attached hydrogen (secondary N) is 1. The molecule has 158 valence electrons. The van der Waals surface area contributed by atoms with E-state index in [2.05, 4.69) is 10.3 Å².